The summed E-state index contributed by atoms with van der Waals surface area (Å²) in [7, 11) is 1.62. The van der Waals surface area contributed by atoms with Crippen LogP contribution in [0.3, 0.4) is 0 Å². The second-order valence-electron chi connectivity index (χ2n) is 8.51. The zero-order chi connectivity index (χ0) is 25.2. The van der Waals surface area contributed by atoms with Crippen molar-refractivity contribution in [2.75, 3.05) is 31.3 Å². The fraction of sp³-hybridized carbons (Fsp3) is 0.259. The molecule has 1 fully saturated rings. The van der Waals surface area contributed by atoms with Crippen LogP contribution in [0.25, 0.3) is 21.8 Å². The Kier molecular flexibility index (Phi) is 7.16. The molecule has 5 nitrogen and oxygen atoms in total. The van der Waals surface area contributed by atoms with Gasteiger partial charge in [-0.05, 0) is 55.0 Å². The molecule has 0 saturated carbocycles. The molecule has 4 aromatic rings. The van der Waals surface area contributed by atoms with Crippen molar-refractivity contribution in [3.63, 3.8) is 0 Å². The first-order valence-corrected chi connectivity index (χ1v) is 13.0. The Balaban J connectivity index is 1.39. The van der Waals surface area contributed by atoms with Gasteiger partial charge in [0, 0.05) is 41.1 Å². The van der Waals surface area contributed by atoms with E-state index in [1.807, 2.05) is 36.4 Å². The Hall–Kier alpha value is -3.10. The molecule has 0 aliphatic carbocycles. The number of carbonyl (C=O) groups excluding carboxylic acids is 1. The van der Waals surface area contributed by atoms with Gasteiger partial charge < -0.3 is 15.0 Å². The molecule has 1 saturated heterocycles. The lowest BCUT2D eigenvalue weighted by Gasteiger charge is -2.35. The highest BCUT2D eigenvalue weighted by molar-refractivity contribution is 7.99. The molecule has 5 rings (SSSR count). The maximum Gasteiger partial charge on any atom is 0.224 e. The summed E-state index contributed by atoms with van der Waals surface area (Å²) in [5, 5.41) is 5.24. The first kappa shape index (κ1) is 24.6. The molecule has 0 spiro atoms. The van der Waals surface area contributed by atoms with Gasteiger partial charge in [-0.2, -0.15) is 0 Å². The number of hydrogen-bond donors (Lipinski definition) is 1. The number of anilines is 1. The first-order valence-electron chi connectivity index (χ1n) is 11.6. The van der Waals surface area contributed by atoms with Gasteiger partial charge in [0.2, 0.25) is 5.91 Å². The highest BCUT2D eigenvalue weighted by Gasteiger charge is 2.33. The standard InChI is InChI=1S/C27H24ClF2N3O2S/c1-35-17-7-9-22-19(15-17)26(18-8-6-16(28)14-23(18)32-22)31-11-3-12-33-24(34)10-13-36-27(33)25-20(29)4-2-5-21(25)30/h2,4-9,14-15,27H,3,10-13H2,1H3,(H,31,32). The van der Waals surface area contributed by atoms with E-state index in [2.05, 4.69) is 5.32 Å². The Morgan fingerprint density at radius 2 is 1.92 bits per heavy atom. The third-order valence-electron chi connectivity index (χ3n) is 6.26. The summed E-state index contributed by atoms with van der Waals surface area (Å²) < 4.78 is 34.4. The number of amides is 1. The van der Waals surface area contributed by atoms with E-state index in [0.717, 1.165) is 27.5 Å². The smallest absolute Gasteiger partial charge is 0.224 e. The number of nitrogens with one attached hydrogen (secondary N) is 1. The Morgan fingerprint density at radius 1 is 1.11 bits per heavy atom. The van der Waals surface area contributed by atoms with E-state index >= 15 is 0 Å². The van der Waals surface area contributed by atoms with Gasteiger partial charge in [0.25, 0.3) is 0 Å². The minimum Gasteiger partial charge on any atom is -0.497 e. The van der Waals surface area contributed by atoms with Gasteiger partial charge in [0.15, 0.2) is 0 Å². The maximum absolute atomic E-state index is 14.5. The van der Waals surface area contributed by atoms with Gasteiger partial charge in [-0.1, -0.05) is 17.7 Å². The molecule has 1 N–H and O–H groups in total. The van der Waals surface area contributed by atoms with Crippen LogP contribution in [0.5, 0.6) is 5.75 Å². The predicted molar refractivity (Wildman–Crippen MR) is 142 cm³/mol. The van der Waals surface area contributed by atoms with Crippen molar-refractivity contribution in [3.8, 4) is 5.75 Å². The van der Waals surface area contributed by atoms with Crippen LogP contribution in [-0.4, -0.2) is 41.7 Å². The molecule has 2 heterocycles. The third kappa shape index (κ3) is 4.80. The number of rotatable bonds is 7. The summed E-state index contributed by atoms with van der Waals surface area (Å²) in [6, 6.07) is 15.1. The number of methoxy groups -OCH3 is 1. The lowest BCUT2D eigenvalue weighted by Crippen LogP contribution is -2.39. The molecule has 1 aliphatic heterocycles. The molecular formula is C27H24ClF2N3O2S. The normalized spacial score (nSPS) is 16.1. The quantitative estimate of drug-likeness (QED) is 0.212. The number of benzene rings is 3. The first-order chi connectivity index (χ1) is 17.5. The van der Waals surface area contributed by atoms with Gasteiger partial charge >= 0.3 is 0 Å². The van der Waals surface area contributed by atoms with Crippen molar-refractivity contribution < 1.29 is 18.3 Å². The average Bonchev–Trinajstić information content (AvgIpc) is 2.86. The Morgan fingerprint density at radius 3 is 2.69 bits per heavy atom. The zero-order valence-corrected chi connectivity index (χ0v) is 21.1. The van der Waals surface area contributed by atoms with Crippen LogP contribution in [0.1, 0.15) is 23.8 Å². The second-order valence-corrected chi connectivity index (χ2v) is 10.1. The molecule has 1 atom stereocenters. The van der Waals surface area contributed by atoms with Crippen LogP contribution in [0.4, 0.5) is 14.5 Å². The van der Waals surface area contributed by atoms with Crippen molar-refractivity contribution in [1.29, 1.82) is 0 Å². The number of halogens is 3. The fourth-order valence-corrected chi connectivity index (χ4v) is 6.00. The Bertz CT molecular complexity index is 1430. The van der Waals surface area contributed by atoms with Crippen molar-refractivity contribution >= 4 is 56.8 Å². The van der Waals surface area contributed by atoms with Crippen LogP contribution < -0.4 is 10.1 Å². The summed E-state index contributed by atoms with van der Waals surface area (Å²) in [6.45, 7) is 0.905. The van der Waals surface area contributed by atoms with Gasteiger partial charge in [-0.15, -0.1) is 11.8 Å². The number of hydrogen-bond acceptors (Lipinski definition) is 5. The summed E-state index contributed by atoms with van der Waals surface area (Å²) in [4.78, 5) is 19.1. The average molecular weight is 528 g/mol. The van der Waals surface area contributed by atoms with Crippen LogP contribution in [0.15, 0.2) is 54.6 Å². The van der Waals surface area contributed by atoms with Crippen LogP contribution in [0.2, 0.25) is 5.02 Å². The largest absolute Gasteiger partial charge is 0.497 e. The van der Waals surface area contributed by atoms with E-state index in [9.17, 15) is 13.6 Å². The lowest BCUT2D eigenvalue weighted by atomic mass is 10.1. The van der Waals surface area contributed by atoms with E-state index in [1.165, 1.54) is 30.0 Å². The predicted octanol–water partition coefficient (Wildman–Crippen LogP) is 6.79. The Labute approximate surface area is 216 Å². The number of aromatic nitrogens is 1. The number of pyridine rings is 1. The summed E-state index contributed by atoms with van der Waals surface area (Å²) in [6.07, 6.45) is 0.937. The minimum absolute atomic E-state index is 0.0568. The fourth-order valence-electron chi connectivity index (χ4n) is 4.53. The molecule has 0 radical (unpaired) electrons. The van der Waals surface area contributed by atoms with Gasteiger partial charge in [0.05, 0.1) is 29.4 Å². The molecule has 9 heteroatoms. The monoisotopic (exact) mass is 527 g/mol. The molecule has 36 heavy (non-hydrogen) atoms. The topological polar surface area (TPSA) is 54.5 Å². The SMILES string of the molecule is COc1ccc2nc3cc(Cl)ccc3c(NCCCN3C(=O)CCSC3c3c(F)cccc3F)c2c1. The summed E-state index contributed by atoms with van der Waals surface area (Å²) in [5.41, 5.74) is 2.39. The number of ether oxygens (including phenoxy) is 1. The van der Waals surface area contributed by atoms with E-state index < -0.39 is 17.0 Å². The number of nitrogens with zero attached hydrogens (tertiary/aromatic N) is 2. The summed E-state index contributed by atoms with van der Waals surface area (Å²) >= 11 is 7.60. The number of carbonyl (C=O) groups is 1. The summed E-state index contributed by atoms with van der Waals surface area (Å²) in [5.74, 6) is -0.113. The zero-order valence-electron chi connectivity index (χ0n) is 19.6. The molecule has 1 aliphatic rings. The van der Waals surface area contributed by atoms with Crippen LogP contribution in [0, 0.1) is 11.6 Å². The van der Waals surface area contributed by atoms with Gasteiger partial charge in [0.1, 0.15) is 22.8 Å². The number of fused-ring (bicyclic) bond motifs is 2. The van der Waals surface area contributed by atoms with E-state index in [0.29, 0.717) is 42.5 Å². The van der Waals surface area contributed by atoms with Crippen molar-refractivity contribution in [3.05, 3.63) is 76.8 Å². The lowest BCUT2D eigenvalue weighted by molar-refractivity contribution is -0.132. The minimum atomic E-state index is -0.679. The molecule has 186 valence electrons. The molecule has 0 bridgehead atoms. The van der Waals surface area contributed by atoms with Crippen LogP contribution >= 0.6 is 23.4 Å². The third-order valence-corrected chi connectivity index (χ3v) is 7.74. The van der Waals surface area contributed by atoms with E-state index in [-0.39, 0.29) is 11.5 Å². The van der Waals surface area contributed by atoms with E-state index in [1.54, 1.807) is 12.0 Å². The molecule has 1 unspecified atom stereocenters. The van der Waals surface area contributed by atoms with Gasteiger partial charge in [-0.25, -0.2) is 13.8 Å². The molecule has 1 amide bonds. The van der Waals surface area contributed by atoms with Crippen molar-refractivity contribution in [2.24, 2.45) is 0 Å². The van der Waals surface area contributed by atoms with Gasteiger partial charge in [-0.3, -0.25) is 4.79 Å². The van der Waals surface area contributed by atoms with E-state index in [4.69, 9.17) is 21.3 Å². The molecular weight excluding hydrogens is 504 g/mol. The van der Waals surface area contributed by atoms with Crippen molar-refractivity contribution in [1.82, 2.24) is 9.88 Å². The second kappa shape index (κ2) is 10.5. The highest BCUT2D eigenvalue weighted by atomic mass is 35.5. The molecule has 3 aromatic carbocycles. The highest BCUT2D eigenvalue weighted by Crippen LogP contribution is 2.40. The van der Waals surface area contributed by atoms with Crippen LogP contribution in [-0.2, 0) is 4.79 Å². The number of thioether (sulfide) groups is 1. The maximum atomic E-state index is 14.5. The van der Waals surface area contributed by atoms with Crippen molar-refractivity contribution in [2.45, 2.75) is 18.2 Å². The molecule has 1 aromatic heterocycles.